The van der Waals surface area contributed by atoms with Gasteiger partial charge in [-0.2, -0.15) is 0 Å². The molecule has 6 nitrogen and oxygen atoms in total. The predicted octanol–water partition coefficient (Wildman–Crippen LogP) is 4.90. The predicted molar refractivity (Wildman–Crippen MR) is 142 cm³/mol. The molecule has 2 aromatic rings. The van der Waals surface area contributed by atoms with E-state index >= 15 is 0 Å². The van der Waals surface area contributed by atoms with Crippen LogP contribution in [0.1, 0.15) is 52.0 Å². The summed E-state index contributed by atoms with van der Waals surface area (Å²) in [5.41, 5.74) is 1.04. The number of ketones is 1. The van der Waals surface area contributed by atoms with Crippen LogP contribution in [0, 0.1) is 5.92 Å². The molecule has 7 heteroatoms. The molecular weight excluding hydrogens is 460 g/mol. The molecule has 2 N–H and O–H groups in total. The highest BCUT2D eigenvalue weighted by Gasteiger charge is 2.25. The minimum absolute atomic E-state index is 0.0657. The largest absolute Gasteiger partial charge is 0.497 e. The lowest BCUT2D eigenvalue weighted by molar-refractivity contribution is -0.126. The number of hydrogen-bond acceptors (Lipinski definition) is 6. The Morgan fingerprint density at radius 2 is 1.71 bits per heavy atom. The van der Waals surface area contributed by atoms with Crippen molar-refractivity contribution in [3.05, 3.63) is 60.2 Å². The highest BCUT2D eigenvalue weighted by Crippen LogP contribution is 2.27. The van der Waals surface area contributed by atoms with E-state index in [0.29, 0.717) is 25.3 Å². The molecule has 0 aliphatic carbocycles. The molecule has 0 aliphatic rings. The number of aliphatic hydroxyl groups excluding tert-OH is 1. The lowest BCUT2D eigenvalue weighted by Gasteiger charge is -2.31. The van der Waals surface area contributed by atoms with Gasteiger partial charge in [0, 0.05) is 37.2 Å². The van der Waals surface area contributed by atoms with Crippen molar-refractivity contribution in [1.82, 2.24) is 9.62 Å². The van der Waals surface area contributed by atoms with Crippen molar-refractivity contribution in [3.63, 3.8) is 0 Å². The van der Waals surface area contributed by atoms with Crippen LogP contribution in [0.3, 0.4) is 0 Å². The van der Waals surface area contributed by atoms with Gasteiger partial charge >= 0.3 is 0 Å². The highest BCUT2D eigenvalue weighted by atomic mass is 32.2. The Labute approximate surface area is 214 Å². The molecule has 1 amide bonds. The number of carbonyl (C=O) groups is 2. The molecular formula is C28H40N2O4S. The molecule has 0 heterocycles. The van der Waals surface area contributed by atoms with Gasteiger partial charge in [-0.05, 0) is 54.1 Å². The third-order valence-electron chi connectivity index (χ3n) is 6.03. The van der Waals surface area contributed by atoms with Crippen molar-refractivity contribution in [2.24, 2.45) is 5.92 Å². The average Bonchev–Trinajstić information content (AvgIpc) is 2.87. The molecule has 0 fully saturated rings. The maximum atomic E-state index is 12.6. The maximum absolute atomic E-state index is 12.6. The standard InChI is InChI=1S/C28H40N2O4S/c1-5-21(3)19-30(35-25-15-13-24(34-4)14-16-25)20-27(32)26(18-22-10-8-7-9-11-22)29-28(33)17-12-23(31)6-2/h7-11,13-16,21,26-27,32H,5-6,12,17-20H2,1-4H3,(H,29,33). The third kappa shape index (κ3) is 10.8. The van der Waals surface area contributed by atoms with E-state index in [1.54, 1.807) is 26.0 Å². The normalized spacial score (nSPS) is 13.8. The number of hydrogen-bond donors (Lipinski definition) is 2. The summed E-state index contributed by atoms with van der Waals surface area (Å²) in [5, 5.41) is 14.3. The summed E-state index contributed by atoms with van der Waals surface area (Å²) in [5.74, 6) is 1.12. The quantitative estimate of drug-likeness (QED) is 0.319. The van der Waals surface area contributed by atoms with Crippen molar-refractivity contribution in [2.45, 2.75) is 69.9 Å². The first-order chi connectivity index (χ1) is 16.8. The molecule has 0 aromatic heterocycles. The van der Waals surface area contributed by atoms with Gasteiger partial charge in [0.2, 0.25) is 5.91 Å². The van der Waals surface area contributed by atoms with E-state index in [1.807, 2.05) is 54.6 Å². The Bertz CT molecular complexity index is 892. The molecule has 3 unspecified atom stereocenters. The van der Waals surface area contributed by atoms with Gasteiger partial charge < -0.3 is 15.2 Å². The minimum Gasteiger partial charge on any atom is -0.497 e. The number of methoxy groups -OCH3 is 1. The van der Waals surface area contributed by atoms with Gasteiger partial charge in [0.15, 0.2) is 0 Å². The van der Waals surface area contributed by atoms with Crippen LogP contribution in [-0.2, 0) is 16.0 Å². The van der Waals surface area contributed by atoms with E-state index in [2.05, 4.69) is 23.5 Å². The van der Waals surface area contributed by atoms with Crippen molar-refractivity contribution >= 4 is 23.6 Å². The number of aliphatic hydroxyl groups is 1. The lowest BCUT2D eigenvalue weighted by atomic mass is 10.00. The summed E-state index contributed by atoms with van der Waals surface area (Å²) in [4.78, 5) is 25.4. The van der Waals surface area contributed by atoms with E-state index in [9.17, 15) is 14.7 Å². The highest BCUT2D eigenvalue weighted by molar-refractivity contribution is 7.97. The summed E-state index contributed by atoms with van der Waals surface area (Å²) in [6.07, 6.45) is 1.56. The molecule has 0 spiro atoms. The number of nitrogens with zero attached hydrogens (tertiary/aromatic N) is 1. The fourth-order valence-corrected chi connectivity index (χ4v) is 4.72. The summed E-state index contributed by atoms with van der Waals surface area (Å²) in [7, 11) is 1.65. The van der Waals surface area contributed by atoms with Crippen LogP contribution in [0.25, 0.3) is 0 Å². The van der Waals surface area contributed by atoms with Gasteiger partial charge in [0.25, 0.3) is 0 Å². The van der Waals surface area contributed by atoms with E-state index in [4.69, 9.17) is 4.74 Å². The fraction of sp³-hybridized carbons (Fsp3) is 0.500. The second-order valence-corrected chi connectivity index (χ2v) is 10.1. The molecule has 0 radical (unpaired) electrons. The number of carbonyl (C=O) groups excluding carboxylic acids is 2. The molecule has 3 atom stereocenters. The van der Waals surface area contributed by atoms with Crippen LogP contribution in [0.15, 0.2) is 59.5 Å². The van der Waals surface area contributed by atoms with E-state index in [0.717, 1.165) is 29.2 Å². The number of amides is 1. The van der Waals surface area contributed by atoms with Crippen LogP contribution < -0.4 is 10.1 Å². The Balaban J connectivity index is 2.14. The van der Waals surface area contributed by atoms with Gasteiger partial charge in [-0.3, -0.25) is 9.59 Å². The molecule has 0 bridgehead atoms. The van der Waals surface area contributed by atoms with Crippen molar-refractivity contribution in [2.75, 3.05) is 20.2 Å². The van der Waals surface area contributed by atoms with Gasteiger partial charge in [-0.1, -0.05) is 57.5 Å². The van der Waals surface area contributed by atoms with Gasteiger partial charge in [0.1, 0.15) is 11.5 Å². The maximum Gasteiger partial charge on any atom is 0.220 e. The molecule has 0 aliphatic heterocycles. The van der Waals surface area contributed by atoms with Gasteiger partial charge in [-0.15, -0.1) is 0 Å². The van der Waals surface area contributed by atoms with Crippen LogP contribution >= 0.6 is 11.9 Å². The van der Waals surface area contributed by atoms with Crippen LogP contribution in [0.5, 0.6) is 5.75 Å². The summed E-state index contributed by atoms with van der Waals surface area (Å²) in [6, 6.07) is 17.3. The molecule has 2 aromatic carbocycles. The topological polar surface area (TPSA) is 78.9 Å². The number of Topliss-reactive ketones (excluding diaryl/α,β-unsaturated/α-hetero) is 1. The number of ether oxygens (including phenoxy) is 1. The number of benzene rings is 2. The zero-order valence-electron chi connectivity index (χ0n) is 21.4. The van der Waals surface area contributed by atoms with Crippen molar-refractivity contribution in [3.8, 4) is 5.75 Å². The first kappa shape index (κ1) is 28.9. The Morgan fingerprint density at radius 1 is 1.03 bits per heavy atom. The summed E-state index contributed by atoms with van der Waals surface area (Å²) >= 11 is 1.60. The monoisotopic (exact) mass is 500 g/mol. The average molecular weight is 501 g/mol. The first-order valence-electron chi connectivity index (χ1n) is 12.4. The van der Waals surface area contributed by atoms with Crippen LogP contribution in [0.4, 0.5) is 0 Å². The van der Waals surface area contributed by atoms with E-state index < -0.39 is 12.1 Å². The fourth-order valence-electron chi connectivity index (χ4n) is 3.61. The lowest BCUT2D eigenvalue weighted by Crippen LogP contribution is -2.49. The van der Waals surface area contributed by atoms with Gasteiger partial charge in [0.05, 0.1) is 19.3 Å². The first-order valence-corrected chi connectivity index (χ1v) is 13.2. The minimum atomic E-state index is -0.782. The molecule has 0 saturated heterocycles. The summed E-state index contributed by atoms with van der Waals surface area (Å²) in [6.45, 7) is 7.36. The number of rotatable bonds is 16. The number of nitrogens with one attached hydrogen (secondary N) is 1. The second kappa shape index (κ2) is 15.6. The molecule has 35 heavy (non-hydrogen) atoms. The molecule has 0 saturated carbocycles. The zero-order chi connectivity index (χ0) is 25.6. The molecule has 2 rings (SSSR count). The molecule has 192 valence electrons. The van der Waals surface area contributed by atoms with Crippen LogP contribution in [0.2, 0.25) is 0 Å². The Kier molecular flexibility index (Phi) is 12.9. The van der Waals surface area contributed by atoms with Gasteiger partial charge in [-0.25, -0.2) is 4.31 Å². The van der Waals surface area contributed by atoms with Crippen molar-refractivity contribution in [1.29, 1.82) is 0 Å². The zero-order valence-corrected chi connectivity index (χ0v) is 22.2. The Hall–Kier alpha value is -2.35. The van der Waals surface area contributed by atoms with Crippen LogP contribution in [-0.4, -0.2) is 53.4 Å². The summed E-state index contributed by atoms with van der Waals surface area (Å²) < 4.78 is 7.44. The second-order valence-electron chi connectivity index (χ2n) is 8.95. The SMILES string of the molecule is CCC(=O)CCC(=O)NC(Cc1ccccc1)C(O)CN(CC(C)CC)Sc1ccc(OC)cc1. The third-order valence-corrected chi connectivity index (χ3v) is 7.07. The Morgan fingerprint density at radius 3 is 2.31 bits per heavy atom. The smallest absolute Gasteiger partial charge is 0.220 e. The van der Waals surface area contributed by atoms with Crippen molar-refractivity contribution < 1.29 is 19.4 Å². The van der Waals surface area contributed by atoms with E-state index in [-0.39, 0.29) is 24.5 Å². The van der Waals surface area contributed by atoms with E-state index in [1.165, 1.54) is 0 Å².